The Morgan fingerprint density at radius 2 is 2.19 bits per heavy atom. The van der Waals surface area contributed by atoms with Crippen LogP contribution in [0.5, 0.6) is 0 Å². The van der Waals surface area contributed by atoms with Crippen LogP contribution < -0.4 is 10.6 Å². The van der Waals surface area contributed by atoms with E-state index in [9.17, 15) is 0 Å². The molecule has 0 bridgehead atoms. The second-order valence-electron chi connectivity index (χ2n) is 4.65. The van der Waals surface area contributed by atoms with E-state index in [1.54, 1.807) is 12.5 Å². The zero-order valence-corrected chi connectivity index (χ0v) is 12.1. The maximum Gasteiger partial charge on any atom is 0.226 e. The maximum atomic E-state index is 4.48. The molecule has 3 heterocycles. The summed E-state index contributed by atoms with van der Waals surface area (Å²) < 4.78 is 1.87. The minimum atomic E-state index is 0.583. The fourth-order valence-corrected chi connectivity index (χ4v) is 2.15. The zero-order chi connectivity index (χ0) is 14.7. The summed E-state index contributed by atoms with van der Waals surface area (Å²) in [6.45, 7) is 3.54. The SMILES string of the molecule is CCNc1nc(NCCc2ccnn2C)c2[nH]cnc2n1. The fourth-order valence-electron chi connectivity index (χ4n) is 2.15. The number of rotatable bonds is 6. The van der Waals surface area contributed by atoms with Crippen molar-refractivity contribution in [1.29, 1.82) is 0 Å². The first-order valence-electron chi connectivity index (χ1n) is 6.93. The van der Waals surface area contributed by atoms with Gasteiger partial charge in [-0.15, -0.1) is 0 Å². The minimum absolute atomic E-state index is 0.583. The van der Waals surface area contributed by atoms with Gasteiger partial charge in [0.15, 0.2) is 11.5 Å². The standard InChI is InChI=1S/C13H18N8/c1-3-14-13-19-11(10-12(20-13)17-8-16-10)15-6-4-9-5-7-18-21(9)2/h5,7-8H,3-4,6H2,1-2H3,(H3,14,15,16,17,19,20). The molecule has 0 aliphatic heterocycles. The molecule has 0 saturated heterocycles. The van der Waals surface area contributed by atoms with E-state index in [1.807, 2.05) is 24.7 Å². The van der Waals surface area contributed by atoms with E-state index in [1.165, 1.54) is 5.69 Å². The largest absolute Gasteiger partial charge is 0.368 e. The lowest BCUT2D eigenvalue weighted by Gasteiger charge is -2.09. The third-order valence-electron chi connectivity index (χ3n) is 3.22. The van der Waals surface area contributed by atoms with Gasteiger partial charge in [-0.25, -0.2) is 4.98 Å². The molecule has 3 N–H and O–H groups in total. The lowest BCUT2D eigenvalue weighted by Crippen LogP contribution is -2.11. The average Bonchev–Trinajstić information content (AvgIpc) is 3.08. The third kappa shape index (κ3) is 2.78. The van der Waals surface area contributed by atoms with Crippen LogP contribution in [-0.2, 0) is 13.5 Å². The summed E-state index contributed by atoms with van der Waals surface area (Å²) in [4.78, 5) is 16.1. The molecular formula is C13H18N8. The number of nitrogens with zero attached hydrogens (tertiary/aromatic N) is 5. The van der Waals surface area contributed by atoms with Crippen LogP contribution in [0.15, 0.2) is 18.6 Å². The van der Waals surface area contributed by atoms with Gasteiger partial charge in [0.25, 0.3) is 0 Å². The predicted octanol–water partition coefficient (Wildman–Crippen LogP) is 1.17. The first kappa shape index (κ1) is 13.3. The van der Waals surface area contributed by atoms with E-state index in [4.69, 9.17) is 0 Å². The predicted molar refractivity (Wildman–Crippen MR) is 81.2 cm³/mol. The summed E-state index contributed by atoms with van der Waals surface area (Å²) in [7, 11) is 1.94. The molecule has 3 aromatic rings. The number of anilines is 2. The highest BCUT2D eigenvalue weighted by molar-refractivity contribution is 5.83. The van der Waals surface area contributed by atoms with E-state index in [2.05, 4.69) is 35.7 Å². The first-order chi connectivity index (χ1) is 10.3. The highest BCUT2D eigenvalue weighted by atomic mass is 15.3. The molecule has 0 aliphatic carbocycles. The van der Waals surface area contributed by atoms with Gasteiger partial charge < -0.3 is 15.6 Å². The molecule has 3 rings (SSSR count). The van der Waals surface area contributed by atoms with Gasteiger partial charge in [0, 0.05) is 38.4 Å². The van der Waals surface area contributed by atoms with Gasteiger partial charge >= 0.3 is 0 Å². The number of hydrogen-bond donors (Lipinski definition) is 3. The van der Waals surface area contributed by atoms with Gasteiger partial charge in [-0.3, -0.25) is 4.68 Å². The number of aromatic amines is 1. The molecule has 8 heteroatoms. The summed E-state index contributed by atoms with van der Waals surface area (Å²) in [5.41, 5.74) is 2.65. The molecule has 110 valence electrons. The molecule has 21 heavy (non-hydrogen) atoms. The van der Waals surface area contributed by atoms with Crippen molar-refractivity contribution < 1.29 is 0 Å². The Labute approximate surface area is 122 Å². The van der Waals surface area contributed by atoms with Crippen molar-refractivity contribution in [1.82, 2.24) is 29.7 Å². The third-order valence-corrected chi connectivity index (χ3v) is 3.22. The van der Waals surface area contributed by atoms with Crippen LogP contribution in [-0.4, -0.2) is 42.8 Å². The Morgan fingerprint density at radius 1 is 1.29 bits per heavy atom. The number of aryl methyl sites for hydroxylation is 1. The summed E-state index contributed by atoms with van der Waals surface area (Å²) in [6, 6.07) is 2.01. The Balaban J connectivity index is 1.76. The van der Waals surface area contributed by atoms with E-state index < -0.39 is 0 Å². The lowest BCUT2D eigenvalue weighted by molar-refractivity contribution is 0.711. The molecule has 0 unspecified atom stereocenters. The molecule has 0 amide bonds. The summed E-state index contributed by atoms with van der Waals surface area (Å²) in [6.07, 6.45) is 4.30. The first-order valence-corrected chi connectivity index (χ1v) is 6.93. The number of imidazole rings is 1. The van der Waals surface area contributed by atoms with Crippen LogP contribution in [0.3, 0.4) is 0 Å². The van der Waals surface area contributed by atoms with Gasteiger partial charge in [0.2, 0.25) is 5.95 Å². The van der Waals surface area contributed by atoms with E-state index >= 15 is 0 Å². The van der Waals surface area contributed by atoms with Crippen LogP contribution in [0.25, 0.3) is 11.2 Å². The molecule has 0 aromatic carbocycles. The smallest absolute Gasteiger partial charge is 0.226 e. The fraction of sp³-hybridized carbons (Fsp3) is 0.385. The monoisotopic (exact) mass is 286 g/mol. The van der Waals surface area contributed by atoms with Crippen molar-refractivity contribution in [3.05, 3.63) is 24.3 Å². The van der Waals surface area contributed by atoms with Gasteiger partial charge in [0.05, 0.1) is 6.33 Å². The maximum absolute atomic E-state index is 4.48. The second-order valence-corrected chi connectivity index (χ2v) is 4.65. The molecule has 0 atom stereocenters. The van der Waals surface area contributed by atoms with Gasteiger partial charge in [-0.05, 0) is 13.0 Å². The normalized spacial score (nSPS) is 11.0. The summed E-state index contributed by atoms with van der Waals surface area (Å²) in [5.74, 6) is 1.34. The number of hydrogen-bond acceptors (Lipinski definition) is 6. The average molecular weight is 286 g/mol. The second kappa shape index (κ2) is 5.78. The van der Waals surface area contributed by atoms with E-state index in [0.29, 0.717) is 11.6 Å². The van der Waals surface area contributed by atoms with Crippen LogP contribution >= 0.6 is 0 Å². The van der Waals surface area contributed by atoms with Gasteiger partial charge in [-0.1, -0.05) is 0 Å². The number of nitrogens with one attached hydrogen (secondary N) is 3. The van der Waals surface area contributed by atoms with E-state index in [0.717, 1.165) is 30.8 Å². The Bertz CT molecular complexity index is 729. The van der Waals surface area contributed by atoms with Crippen LogP contribution in [0, 0.1) is 0 Å². The topological polar surface area (TPSA) is 96.3 Å². The van der Waals surface area contributed by atoms with Crippen molar-refractivity contribution in [2.75, 3.05) is 23.7 Å². The number of aromatic nitrogens is 6. The summed E-state index contributed by atoms with van der Waals surface area (Å²) >= 11 is 0. The van der Waals surface area contributed by atoms with Gasteiger partial charge in [0.1, 0.15) is 5.52 Å². The molecule has 0 saturated carbocycles. The Kier molecular flexibility index (Phi) is 3.67. The molecule has 0 aliphatic rings. The molecule has 0 radical (unpaired) electrons. The summed E-state index contributed by atoms with van der Waals surface area (Å²) in [5, 5.41) is 10.6. The molecule has 0 spiro atoms. The van der Waals surface area contributed by atoms with E-state index in [-0.39, 0.29) is 0 Å². The Hall–Kier alpha value is -2.64. The molecular weight excluding hydrogens is 268 g/mol. The highest BCUT2D eigenvalue weighted by Crippen LogP contribution is 2.18. The van der Waals surface area contributed by atoms with Crippen LogP contribution in [0.2, 0.25) is 0 Å². The van der Waals surface area contributed by atoms with Crippen molar-refractivity contribution in [3.63, 3.8) is 0 Å². The van der Waals surface area contributed by atoms with Crippen molar-refractivity contribution >= 4 is 22.9 Å². The van der Waals surface area contributed by atoms with Crippen LogP contribution in [0.4, 0.5) is 11.8 Å². The lowest BCUT2D eigenvalue weighted by atomic mass is 10.3. The quantitative estimate of drug-likeness (QED) is 0.629. The number of H-pyrrole nitrogens is 1. The van der Waals surface area contributed by atoms with Crippen molar-refractivity contribution in [3.8, 4) is 0 Å². The van der Waals surface area contributed by atoms with Crippen molar-refractivity contribution in [2.45, 2.75) is 13.3 Å². The van der Waals surface area contributed by atoms with Gasteiger partial charge in [-0.2, -0.15) is 15.1 Å². The zero-order valence-electron chi connectivity index (χ0n) is 12.1. The van der Waals surface area contributed by atoms with Crippen LogP contribution in [0.1, 0.15) is 12.6 Å². The minimum Gasteiger partial charge on any atom is -0.368 e. The Morgan fingerprint density at radius 3 is 2.95 bits per heavy atom. The molecule has 3 aromatic heterocycles. The van der Waals surface area contributed by atoms with Crippen molar-refractivity contribution in [2.24, 2.45) is 7.05 Å². The number of fused-ring (bicyclic) bond motifs is 1. The molecule has 0 fully saturated rings. The molecule has 8 nitrogen and oxygen atoms in total. The highest BCUT2D eigenvalue weighted by Gasteiger charge is 2.09.